The van der Waals surface area contributed by atoms with Crippen molar-refractivity contribution >= 4 is 52.6 Å². The molecule has 212 valence electrons. The molecule has 0 unspecified atom stereocenters. The monoisotopic (exact) mass is 580 g/mol. The molecule has 42 heavy (non-hydrogen) atoms. The van der Waals surface area contributed by atoms with Gasteiger partial charge in [0.1, 0.15) is 5.70 Å². The summed E-state index contributed by atoms with van der Waals surface area (Å²) in [6, 6.07) is 27.4. The predicted octanol–water partition coefficient (Wildman–Crippen LogP) is 6.35. The van der Waals surface area contributed by atoms with E-state index in [0.29, 0.717) is 22.5 Å². The van der Waals surface area contributed by atoms with Crippen LogP contribution in [0.4, 0.5) is 17.1 Å². The smallest absolute Gasteiger partial charge is 0.272 e. The van der Waals surface area contributed by atoms with E-state index in [1.165, 1.54) is 30.0 Å². The van der Waals surface area contributed by atoms with Crippen molar-refractivity contribution in [2.45, 2.75) is 18.7 Å². The number of anilines is 2. The van der Waals surface area contributed by atoms with E-state index >= 15 is 0 Å². The highest BCUT2D eigenvalue weighted by molar-refractivity contribution is 8.00. The second kappa shape index (κ2) is 13.9. The Morgan fingerprint density at radius 3 is 2.33 bits per heavy atom. The first-order chi connectivity index (χ1) is 20.2. The van der Waals surface area contributed by atoms with Gasteiger partial charge in [-0.15, -0.1) is 11.8 Å². The molecular formula is C32H28N4O5S. The SMILES string of the molecule is Cc1cccc(/C=C(/NC(=O)c2ccccc2)C(=O)Nc2cccc(SCC(=O)Nc3ccc([N+](=O)[O-])cc3C)c2)c1. The maximum Gasteiger partial charge on any atom is 0.272 e. The minimum Gasteiger partial charge on any atom is -0.325 e. The maximum absolute atomic E-state index is 13.3. The van der Waals surface area contributed by atoms with Gasteiger partial charge >= 0.3 is 0 Å². The van der Waals surface area contributed by atoms with Crippen LogP contribution in [-0.4, -0.2) is 28.4 Å². The van der Waals surface area contributed by atoms with Crippen molar-refractivity contribution in [1.82, 2.24) is 5.32 Å². The highest BCUT2D eigenvalue weighted by Gasteiger charge is 2.16. The van der Waals surface area contributed by atoms with Crippen LogP contribution in [0.15, 0.2) is 108 Å². The van der Waals surface area contributed by atoms with Gasteiger partial charge in [0.05, 0.1) is 10.7 Å². The Hall–Kier alpha value is -5.22. The number of nitrogens with zero attached hydrogens (tertiary/aromatic N) is 1. The first-order valence-corrected chi connectivity index (χ1v) is 13.9. The van der Waals surface area contributed by atoms with Crippen molar-refractivity contribution in [2.75, 3.05) is 16.4 Å². The summed E-state index contributed by atoms with van der Waals surface area (Å²) < 4.78 is 0. The number of carbonyl (C=O) groups excluding carboxylic acids is 3. The van der Waals surface area contributed by atoms with Crippen LogP contribution in [0, 0.1) is 24.0 Å². The van der Waals surface area contributed by atoms with Gasteiger partial charge in [-0.05, 0) is 67.4 Å². The summed E-state index contributed by atoms with van der Waals surface area (Å²) in [5, 5.41) is 19.3. The lowest BCUT2D eigenvalue weighted by Crippen LogP contribution is -2.30. The van der Waals surface area contributed by atoms with Crippen LogP contribution in [0.5, 0.6) is 0 Å². The molecule has 4 aromatic rings. The number of aryl methyl sites for hydroxylation is 2. The molecule has 4 rings (SSSR count). The summed E-state index contributed by atoms with van der Waals surface area (Å²) >= 11 is 1.27. The lowest BCUT2D eigenvalue weighted by Gasteiger charge is -2.12. The zero-order valence-corrected chi connectivity index (χ0v) is 23.7. The van der Waals surface area contributed by atoms with Gasteiger partial charge < -0.3 is 16.0 Å². The molecule has 0 bridgehead atoms. The fraction of sp³-hybridized carbons (Fsp3) is 0.0938. The minimum atomic E-state index is -0.505. The van der Waals surface area contributed by atoms with Crippen molar-refractivity contribution < 1.29 is 19.3 Å². The molecule has 3 N–H and O–H groups in total. The third-order valence-electron chi connectivity index (χ3n) is 6.04. The molecule has 0 radical (unpaired) electrons. The summed E-state index contributed by atoms with van der Waals surface area (Å²) in [6.45, 7) is 3.63. The maximum atomic E-state index is 13.3. The lowest BCUT2D eigenvalue weighted by atomic mass is 10.1. The van der Waals surface area contributed by atoms with Crippen LogP contribution in [0.2, 0.25) is 0 Å². The fourth-order valence-electron chi connectivity index (χ4n) is 3.97. The van der Waals surface area contributed by atoms with Gasteiger partial charge in [0.2, 0.25) is 5.91 Å². The number of rotatable bonds is 10. The second-order valence-corrected chi connectivity index (χ2v) is 10.4. The summed E-state index contributed by atoms with van der Waals surface area (Å²) in [4.78, 5) is 49.9. The molecule has 10 heteroatoms. The summed E-state index contributed by atoms with van der Waals surface area (Å²) in [5.41, 5.74) is 3.78. The Morgan fingerprint density at radius 2 is 1.62 bits per heavy atom. The Balaban J connectivity index is 1.43. The van der Waals surface area contributed by atoms with E-state index in [0.717, 1.165) is 16.0 Å². The van der Waals surface area contributed by atoms with E-state index in [-0.39, 0.29) is 23.0 Å². The molecule has 0 heterocycles. The zero-order chi connectivity index (χ0) is 30.1. The molecule has 0 spiro atoms. The topological polar surface area (TPSA) is 130 Å². The Labute approximate surface area is 247 Å². The number of amides is 3. The molecule has 0 saturated carbocycles. The number of nitro benzene ring substituents is 1. The minimum absolute atomic E-state index is 0.0461. The van der Waals surface area contributed by atoms with E-state index in [9.17, 15) is 24.5 Å². The Bertz CT molecular complexity index is 1670. The molecule has 0 aromatic heterocycles. The third-order valence-corrected chi connectivity index (χ3v) is 7.03. The van der Waals surface area contributed by atoms with E-state index in [4.69, 9.17) is 0 Å². The molecule has 0 fully saturated rings. The number of nitro groups is 1. The van der Waals surface area contributed by atoms with Crippen LogP contribution in [0.1, 0.15) is 27.0 Å². The normalized spacial score (nSPS) is 11.0. The molecule has 0 atom stereocenters. The average Bonchev–Trinajstić information content (AvgIpc) is 2.97. The van der Waals surface area contributed by atoms with Crippen molar-refractivity contribution in [1.29, 1.82) is 0 Å². The van der Waals surface area contributed by atoms with Crippen LogP contribution in [0.25, 0.3) is 6.08 Å². The summed E-state index contributed by atoms with van der Waals surface area (Å²) in [5.74, 6) is -1.12. The van der Waals surface area contributed by atoms with Gasteiger partial charge in [-0.25, -0.2) is 0 Å². The van der Waals surface area contributed by atoms with Gasteiger partial charge in [0, 0.05) is 34.0 Å². The van der Waals surface area contributed by atoms with Gasteiger partial charge in [0.15, 0.2) is 0 Å². The fourth-order valence-corrected chi connectivity index (χ4v) is 4.72. The first kappa shape index (κ1) is 29.8. The van der Waals surface area contributed by atoms with Crippen LogP contribution >= 0.6 is 11.8 Å². The predicted molar refractivity (Wildman–Crippen MR) is 165 cm³/mol. The highest BCUT2D eigenvalue weighted by Crippen LogP contribution is 2.24. The number of carbonyl (C=O) groups is 3. The Kier molecular flexibility index (Phi) is 9.85. The van der Waals surface area contributed by atoms with Crippen LogP contribution in [0.3, 0.4) is 0 Å². The zero-order valence-electron chi connectivity index (χ0n) is 22.9. The highest BCUT2D eigenvalue weighted by atomic mass is 32.2. The quantitative estimate of drug-likeness (QED) is 0.0867. The van der Waals surface area contributed by atoms with Crippen molar-refractivity contribution in [3.8, 4) is 0 Å². The first-order valence-electron chi connectivity index (χ1n) is 12.9. The average molecular weight is 581 g/mol. The summed E-state index contributed by atoms with van der Waals surface area (Å²) in [7, 11) is 0. The van der Waals surface area contributed by atoms with Gasteiger partial charge in [-0.3, -0.25) is 24.5 Å². The number of thioether (sulfide) groups is 1. The molecule has 3 amide bonds. The van der Waals surface area contributed by atoms with Gasteiger partial charge in [-0.1, -0.05) is 54.1 Å². The van der Waals surface area contributed by atoms with Gasteiger partial charge in [0.25, 0.3) is 17.5 Å². The van der Waals surface area contributed by atoms with E-state index < -0.39 is 16.7 Å². The number of hydrogen-bond acceptors (Lipinski definition) is 6. The number of nitrogens with one attached hydrogen (secondary N) is 3. The molecule has 0 aliphatic carbocycles. The largest absolute Gasteiger partial charge is 0.325 e. The second-order valence-electron chi connectivity index (χ2n) is 9.37. The van der Waals surface area contributed by atoms with Crippen LogP contribution < -0.4 is 16.0 Å². The van der Waals surface area contributed by atoms with E-state index in [2.05, 4.69) is 16.0 Å². The number of hydrogen-bond donors (Lipinski definition) is 3. The summed E-state index contributed by atoms with van der Waals surface area (Å²) in [6.07, 6.45) is 1.62. The van der Waals surface area contributed by atoms with E-state index in [1.807, 2.05) is 37.3 Å². The standard InChI is InChI=1S/C32H28N4O5S/c1-21-8-6-9-23(16-21)18-29(35-31(38)24-10-4-3-5-11-24)32(39)33-25-12-7-13-27(19-25)42-20-30(37)34-28-15-14-26(36(40)41)17-22(28)2/h3-19H,20H2,1-2H3,(H,33,39)(H,34,37)(H,35,38)/b29-18+. The molecule has 0 aliphatic heterocycles. The molecule has 0 aliphatic rings. The molecule has 0 saturated heterocycles. The van der Waals surface area contributed by atoms with Crippen molar-refractivity contribution in [2.24, 2.45) is 0 Å². The third kappa shape index (κ3) is 8.39. The number of benzene rings is 4. The van der Waals surface area contributed by atoms with Crippen molar-refractivity contribution in [3.63, 3.8) is 0 Å². The van der Waals surface area contributed by atoms with Crippen molar-refractivity contribution in [3.05, 3.63) is 135 Å². The molecular weight excluding hydrogens is 552 g/mol. The lowest BCUT2D eigenvalue weighted by molar-refractivity contribution is -0.384. The Morgan fingerprint density at radius 1 is 0.857 bits per heavy atom. The van der Waals surface area contributed by atoms with Gasteiger partial charge in [-0.2, -0.15) is 0 Å². The molecule has 4 aromatic carbocycles. The number of non-ortho nitro benzene ring substituents is 1. The van der Waals surface area contributed by atoms with Crippen LogP contribution in [-0.2, 0) is 9.59 Å². The van der Waals surface area contributed by atoms with E-state index in [1.54, 1.807) is 61.5 Å². The molecule has 9 nitrogen and oxygen atoms in total.